The van der Waals surface area contributed by atoms with Gasteiger partial charge >= 0.3 is 0 Å². The van der Waals surface area contributed by atoms with E-state index in [0.29, 0.717) is 5.25 Å². The molecule has 2 aliphatic heterocycles. The molecule has 2 aliphatic rings. The third-order valence-electron chi connectivity index (χ3n) is 4.83. The summed E-state index contributed by atoms with van der Waals surface area (Å²) in [6, 6.07) is 6.10. The van der Waals surface area contributed by atoms with E-state index in [1.54, 1.807) is 11.8 Å². The van der Waals surface area contributed by atoms with E-state index in [1.165, 1.54) is 5.56 Å². The normalized spacial score (nSPS) is 22.9. The number of benzene rings is 1. The maximum atomic E-state index is 12.8. The van der Waals surface area contributed by atoms with E-state index in [1.807, 2.05) is 10.6 Å². The van der Waals surface area contributed by atoms with Crippen LogP contribution in [0.3, 0.4) is 0 Å². The van der Waals surface area contributed by atoms with Crippen LogP contribution in [0.1, 0.15) is 43.8 Å². The molecular formula is C18H21N3OS. The summed E-state index contributed by atoms with van der Waals surface area (Å²) in [5.74, 6) is 0.936. The van der Waals surface area contributed by atoms with Gasteiger partial charge in [0, 0.05) is 13.0 Å². The number of thioether (sulfide) groups is 1. The van der Waals surface area contributed by atoms with Gasteiger partial charge in [0.1, 0.15) is 5.82 Å². The second kappa shape index (κ2) is 5.20. The number of aromatic nitrogens is 2. The van der Waals surface area contributed by atoms with Crippen molar-refractivity contribution in [2.75, 3.05) is 6.54 Å². The second-order valence-corrected chi connectivity index (χ2v) is 8.72. The van der Waals surface area contributed by atoms with Crippen LogP contribution in [-0.2, 0) is 13.0 Å². The first-order valence-electron chi connectivity index (χ1n) is 8.14. The Hall–Kier alpha value is -1.62. The Balaban J connectivity index is 1.80. The van der Waals surface area contributed by atoms with E-state index in [4.69, 9.17) is 4.98 Å². The highest BCUT2D eigenvalue weighted by Gasteiger charge is 2.27. The first-order chi connectivity index (χ1) is 10.9. The molecule has 0 amide bonds. The minimum Gasteiger partial charge on any atom is -0.296 e. The summed E-state index contributed by atoms with van der Waals surface area (Å²) in [6.07, 6.45) is 1.96. The van der Waals surface area contributed by atoms with Crippen LogP contribution in [0.5, 0.6) is 0 Å². The summed E-state index contributed by atoms with van der Waals surface area (Å²) in [6.45, 7) is 8.07. The van der Waals surface area contributed by atoms with Gasteiger partial charge in [-0.3, -0.25) is 14.4 Å². The molecule has 0 radical (unpaired) electrons. The summed E-state index contributed by atoms with van der Waals surface area (Å²) < 4.78 is 1.88. The van der Waals surface area contributed by atoms with Crippen LogP contribution in [0.25, 0.3) is 10.9 Å². The first-order valence-corrected chi connectivity index (χ1v) is 9.02. The molecular weight excluding hydrogens is 306 g/mol. The minimum absolute atomic E-state index is 0.107. The highest BCUT2D eigenvalue weighted by molar-refractivity contribution is 8.14. The van der Waals surface area contributed by atoms with E-state index < -0.39 is 0 Å². The maximum absolute atomic E-state index is 12.8. The molecule has 0 bridgehead atoms. The van der Waals surface area contributed by atoms with Crippen LogP contribution in [0, 0.1) is 5.41 Å². The van der Waals surface area contributed by atoms with Crippen molar-refractivity contribution in [1.29, 1.82) is 0 Å². The van der Waals surface area contributed by atoms with Gasteiger partial charge in [0.25, 0.3) is 5.56 Å². The van der Waals surface area contributed by atoms with Crippen LogP contribution >= 0.6 is 11.8 Å². The Morgan fingerprint density at radius 1 is 1.35 bits per heavy atom. The third-order valence-corrected chi connectivity index (χ3v) is 6.01. The lowest BCUT2D eigenvalue weighted by Gasteiger charge is -2.31. The molecule has 1 atom stereocenters. The van der Waals surface area contributed by atoms with Crippen LogP contribution in [0.2, 0.25) is 0 Å². The summed E-state index contributed by atoms with van der Waals surface area (Å²) in [5.41, 5.74) is 2.33. The van der Waals surface area contributed by atoms with E-state index >= 15 is 0 Å². The molecule has 1 aromatic heterocycles. The Morgan fingerprint density at radius 2 is 2.17 bits per heavy atom. The Bertz CT molecular complexity index is 882. The van der Waals surface area contributed by atoms with E-state index in [9.17, 15) is 4.79 Å². The van der Waals surface area contributed by atoms with Crippen molar-refractivity contribution in [2.24, 2.45) is 10.4 Å². The lowest BCUT2D eigenvalue weighted by molar-refractivity contribution is 0.240. The number of rotatable bonds is 1. The molecule has 23 heavy (non-hydrogen) atoms. The zero-order valence-corrected chi connectivity index (χ0v) is 14.6. The number of aryl methyl sites for hydroxylation is 1. The van der Waals surface area contributed by atoms with Crippen LogP contribution < -0.4 is 5.56 Å². The van der Waals surface area contributed by atoms with Gasteiger partial charge in [-0.1, -0.05) is 19.9 Å². The number of hydrogen-bond donors (Lipinski definition) is 0. The number of aliphatic imine (C=N–C) groups is 1. The summed E-state index contributed by atoms with van der Waals surface area (Å²) in [4.78, 5) is 22.1. The molecule has 4 rings (SSSR count). The fourth-order valence-corrected chi connectivity index (χ4v) is 4.45. The van der Waals surface area contributed by atoms with Crippen LogP contribution in [0.4, 0.5) is 0 Å². The van der Waals surface area contributed by atoms with Gasteiger partial charge in [0.05, 0.1) is 27.7 Å². The van der Waals surface area contributed by atoms with Crippen molar-refractivity contribution in [1.82, 2.24) is 9.55 Å². The predicted octanol–water partition coefficient (Wildman–Crippen LogP) is 3.58. The molecule has 3 heterocycles. The molecule has 0 saturated heterocycles. The number of nitrogens with zero attached hydrogens (tertiary/aromatic N) is 3. The summed E-state index contributed by atoms with van der Waals surface area (Å²) in [7, 11) is 0. The van der Waals surface area contributed by atoms with Gasteiger partial charge in [-0.15, -0.1) is 11.8 Å². The Kier molecular flexibility index (Phi) is 3.38. The molecule has 1 aromatic carbocycles. The van der Waals surface area contributed by atoms with Crippen molar-refractivity contribution < 1.29 is 0 Å². The van der Waals surface area contributed by atoms with E-state index in [2.05, 4.69) is 37.9 Å². The second-order valence-electron chi connectivity index (χ2n) is 7.33. The molecule has 4 nitrogen and oxygen atoms in total. The molecule has 0 aliphatic carbocycles. The van der Waals surface area contributed by atoms with Crippen molar-refractivity contribution in [2.45, 2.75) is 45.4 Å². The molecule has 2 aromatic rings. The van der Waals surface area contributed by atoms with E-state index in [-0.39, 0.29) is 11.0 Å². The summed E-state index contributed by atoms with van der Waals surface area (Å²) >= 11 is 1.80. The highest BCUT2D eigenvalue weighted by Crippen LogP contribution is 2.36. The van der Waals surface area contributed by atoms with Gasteiger partial charge in [0.2, 0.25) is 0 Å². The van der Waals surface area contributed by atoms with Gasteiger partial charge in [0.15, 0.2) is 0 Å². The fraction of sp³-hybridized carbons (Fsp3) is 0.500. The summed E-state index contributed by atoms with van der Waals surface area (Å²) in [5, 5.41) is 2.23. The molecule has 1 unspecified atom stereocenters. The Labute approximate surface area is 140 Å². The first kappa shape index (κ1) is 14.9. The van der Waals surface area contributed by atoms with Gasteiger partial charge in [-0.25, -0.2) is 4.98 Å². The van der Waals surface area contributed by atoms with Crippen molar-refractivity contribution in [3.05, 3.63) is 39.9 Å². The van der Waals surface area contributed by atoms with Crippen LogP contribution in [0.15, 0.2) is 28.0 Å². The van der Waals surface area contributed by atoms with Crippen LogP contribution in [-0.4, -0.2) is 21.1 Å². The van der Waals surface area contributed by atoms with Crippen molar-refractivity contribution in [3.63, 3.8) is 0 Å². The minimum atomic E-state index is 0.107. The van der Waals surface area contributed by atoms with Crippen molar-refractivity contribution >= 4 is 27.7 Å². The lowest BCUT2D eigenvalue weighted by atomic mass is 9.85. The van der Waals surface area contributed by atoms with Gasteiger partial charge < -0.3 is 0 Å². The highest BCUT2D eigenvalue weighted by atomic mass is 32.2. The smallest absolute Gasteiger partial charge is 0.261 e. The average molecular weight is 327 g/mol. The Morgan fingerprint density at radius 3 is 2.91 bits per heavy atom. The lowest BCUT2D eigenvalue weighted by Crippen LogP contribution is -2.36. The maximum Gasteiger partial charge on any atom is 0.261 e. The third kappa shape index (κ3) is 2.61. The predicted molar refractivity (Wildman–Crippen MR) is 96.4 cm³/mol. The average Bonchev–Trinajstić information content (AvgIpc) is 2.94. The molecule has 5 heteroatoms. The SMILES string of the molecule is CC1=NCC(c2ccc3c(=O)n4c(nc3c2)CCC(C)(C)C4)S1. The molecule has 0 saturated carbocycles. The zero-order chi connectivity index (χ0) is 16.2. The van der Waals surface area contributed by atoms with Crippen molar-refractivity contribution in [3.8, 4) is 0 Å². The van der Waals surface area contributed by atoms with E-state index in [0.717, 1.165) is 47.7 Å². The van der Waals surface area contributed by atoms with Gasteiger partial charge in [-0.2, -0.15) is 0 Å². The number of fused-ring (bicyclic) bond motifs is 2. The largest absolute Gasteiger partial charge is 0.296 e. The quantitative estimate of drug-likeness (QED) is 0.804. The molecule has 0 spiro atoms. The molecule has 120 valence electrons. The number of hydrogen-bond acceptors (Lipinski definition) is 4. The van der Waals surface area contributed by atoms with Gasteiger partial charge in [-0.05, 0) is 36.5 Å². The molecule has 0 N–H and O–H groups in total. The fourth-order valence-electron chi connectivity index (χ4n) is 3.46. The molecule has 0 fully saturated rings. The topological polar surface area (TPSA) is 47.2 Å². The standard InChI is InChI=1S/C18H21N3OS/c1-11-19-9-15(23-11)12-4-5-13-14(8-12)20-16-6-7-18(2,3)10-21(16)17(13)22/h4-5,8,15H,6-7,9-10H2,1-3H3. The monoisotopic (exact) mass is 327 g/mol. The zero-order valence-electron chi connectivity index (χ0n) is 13.8.